The molecule has 6 heteroatoms. The summed E-state index contributed by atoms with van der Waals surface area (Å²) in [6, 6.07) is 7.86. The lowest BCUT2D eigenvalue weighted by molar-refractivity contribution is -0.134. The zero-order chi connectivity index (χ0) is 19.4. The van der Waals surface area contributed by atoms with Crippen molar-refractivity contribution in [2.24, 2.45) is 0 Å². The van der Waals surface area contributed by atoms with Crippen molar-refractivity contribution >= 4 is 17.8 Å². The van der Waals surface area contributed by atoms with Crippen LogP contribution in [-0.2, 0) is 22.6 Å². The van der Waals surface area contributed by atoms with E-state index in [1.165, 1.54) is 10.5 Å². The number of rotatable bonds is 6. The maximum Gasteiger partial charge on any atom is 0.325 e. The highest BCUT2D eigenvalue weighted by Gasteiger charge is 2.51. The van der Waals surface area contributed by atoms with Crippen molar-refractivity contribution in [3.63, 3.8) is 0 Å². The van der Waals surface area contributed by atoms with Crippen LogP contribution in [0.2, 0.25) is 0 Å². The topological polar surface area (TPSA) is 69.7 Å². The molecule has 2 fully saturated rings. The summed E-state index contributed by atoms with van der Waals surface area (Å²) in [5, 5.41) is 2.89. The second-order valence-corrected chi connectivity index (χ2v) is 7.70. The molecule has 0 unspecified atom stereocenters. The average molecular weight is 371 g/mol. The molecule has 0 aromatic heterocycles. The summed E-state index contributed by atoms with van der Waals surface area (Å²) >= 11 is 0. The fourth-order valence-corrected chi connectivity index (χ4v) is 4.01. The van der Waals surface area contributed by atoms with Gasteiger partial charge in [-0.15, -0.1) is 0 Å². The molecule has 6 nitrogen and oxygen atoms in total. The van der Waals surface area contributed by atoms with Crippen LogP contribution < -0.4 is 5.32 Å². The van der Waals surface area contributed by atoms with E-state index in [1.807, 2.05) is 12.1 Å². The number of carbonyl (C=O) groups is 3. The Hall–Kier alpha value is -2.37. The molecule has 1 saturated carbocycles. The van der Waals surface area contributed by atoms with E-state index in [0.717, 1.165) is 31.2 Å². The standard InChI is InChI=1S/C21H29N3O3/c1-3-16-7-9-17(10-8-16)15-23(2)18(25)11-14-24-19(26)21(22-20(24)27)12-5-4-6-13-21/h7-10H,3-6,11-15H2,1-2H3,(H,22,27). The van der Waals surface area contributed by atoms with Gasteiger partial charge in [0.05, 0.1) is 0 Å². The Morgan fingerprint density at radius 2 is 1.74 bits per heavy atom. The fourth-order valence-electron chi connectivity index (χ4n) is 4.01. The molecule has 27 heavy (non-hydrogen) atoms. The molecule has 1 saturated heterocycles. The van der Waals surface area contributed by atoms with Crippen LogP contribution in [0.15, 0.2) is 24.3 Å². The van der Waals surface area contributed by atoms with Crippen molar-refractivity contribution in [3.8, 4) is 0 Å². The van der Waals surface area contributed by atoms with Gasteiger partial charge in [-0.25, -0.2) is 4.79 Å². The SMILES string of the molecule is CCc1ccc(CN(C)C(=O)CCN2C(=O)NC3(CCCCC3)C2=O)cc1. The normalized spacial score (nSPS) is 18.7. The third-order valence-corrected chi connectivity index (χ3v) is 5.78. The molecule has 0 radical (unpaired) electrons. The van der Waals surface area contributed by atoms with Gasteiger partial charge in [0.1, 0.15) is 5.54 Å². The molecule has 3 rings (SSSR count). The maximum atomic E-state index is 12.7. The number of hydrogen-bond acceptors (Lipinski definition) is 3. The van der Waals surface area contributed by atoms with Gasteiger partial charge < -0.3 is 10.2 Å². The summed E-state index contributed by atoms with van der Waals surface area (Å²) in [7, 11) is 1.75. The van der Waals surface area contributed by atoms with Gasteiger partial charge in [0.2, 0.25) is 5.91 Å². The van der Waals surface area contributed by atoms with Crippen molar-refractivity contribution in [2.75, 3.05) is 13.6 Å². The van der Waals surface area contributed by atoms with Crippen LogP contribution in [0.4, 0.5) is 4.79 Å². The van der Waals surface area contributed by atoms with E-state index in [4.69, 9.17) is 0 Å². The predicted molar refractivity (Wildman–Crippen MR) is 103 cm³/mol. The fraction of sp³-hybridized carbons (Fsp3) is 0.571. The first kappa shape index (κ1) is 19.4. The van der Waals surface area contributed by atoms with Crippen LogP contribution in [0.3, 0.4) is 0 Å². The van der Waals surface area contributed by atoms with Gasteiger partial charge in [0.25, 0.3) is 5.91 Å². The number of hydrogen-bond donors (Lipinski definition) is 1. The van der Waals surface area contributed by atoms with Crippen molar-refractivity contribution < 1.29 is 14.4 Å². The zero-order valence-electron chi connectivity index (χ0n) is 16.3. The Bertz CT molecular complexity index is 708. The summed E-state index contributed by atoms with van der Waals surface area (Å²) in [5.41, 5.74) is 1.62. The maximum absolute atomic E-state index is 12.7. The van der Waals surface area contributed by atoms with E-state index >= 15 is 0 Å². The zero-order valence-corrected chi connectivity index (χ0v) is 16.3. The molecule has 146 valence electrons. The minimum absolute atomic E-state index is 0.0697. The highest BCUT2D eigenvalue weighted by molar-refractivity contribution is 6.07. The smallest absolute Gasteiger partial charge is 0.325 e. The molecule has 0 bridgehead atoms. The molecule has 1 N–H and O–H groups in total. The van der Waals surface area contributed by atoms with Crippen LogP contribution in [0.5, 0.6) is 0 Å². The van der Waals surface area contributed by atoms with Gasteiger partial charge >= 0.3 is 6.03 Å². The van der Waals surface area contributed by atoms with E-state index in [1.54, 1.807) is 11.9 Å². The van der Waals surface area contributed by atoms with Crippen LogP contribution in [0.1, 0.15) is 56.6 Å². The quantitative estimate of drug-likeness (QED) is 0.782. The van der Waals surface area contributed by atoms with Crippen LogP contribution >= 0.6 is 0 Å². The number of aryl methyl sites for hydroxylation is 1. The summed E-state index contributed by atoms with van der Waals surface area (Å²) in [6.07, 6.45) is 5.57. The molecule has 1 aromatic carbocycles. The Labute approximate surface area is 160 Å². The lowest BCUT2D eigenvalue weighted by Crippen LogP contribution is -2.48. The van der Waals surface area contributed by atoms with E-state index in [-0.39, 0.29) is 30.8 Å². The van der Waals surface area contributed by atoms with Crippen molar-refractivity contribution in [3.05, 3.63) is 35.4 Å². The molecule has 1 heterocycles. The second-order valence-electron chi connectivity index (χ2n) is 7.70. The molecular weight excluding hydrogens is 342 g/mol. The molecule has 1 aromatic rings. The first-order valence-electron chi connectivity index (χ1n) is 9.91. The highest BCUT2D eigenvalue weighted by atomic mass is 16.2. The second kappa shape index (κ2) is 8.11. The number of benzene rings is 1. The monoisotopic (exact) mass is 371 g/mol. The molecular formula is C21H29N3O3. The van der Waals surface area contributed by atoms with Crippen LogP contribution in [-0.4, -0.2) is 46.8 Å². The van der Waals surface area contributed by atoms with Gasteiger partial charge in [-0.1, -0.05) is 50.5 Å². The third kappa shape index (κ3) is 4.15. The number of nitrogens with one attached hydrogen (secondary N) is 1. The van der Waals surface area contributed by atoms with Gasteiger partial charge in [0.15, 0.2) is 0 Å². The third-order valence-electron chi connectivity index (χ3n) is 5.78. The summed E-state index contributed by atoms with van der Waals surface area (Å²) < 4.78 is 0. The molecule has 2 aliphatic rings. The lowest BCUT2D eigenvalue weighted by atomic mass is 9.82. The number of amides is 4. The summed E-state index contributed by atoms with van der Waals surface area (Å²) in [4.78, 5) is 40.3. The van der Waals surface area contributed by atoms with Crippen LogP contribution in [0.25, 0.3) is 0 Å². The average Bonchev–Trinajstić information content (AvgIpc) is 2.90. The Morgan fingerprint density at radius 3 is 2.37 bits per heavy atom. The lowest BCUT2D eigenvalue weighted by Gasteiger charge is -2.30. The first-order valence-corrected chi connectivity index (χ1v) is 9.91. The van der Waals surface area contributed by atoms with E-state index in [0.29, 0.717) is 19.4 Å². The van der Waals surface area contributed by atoms with Gasteiger partial charge in [-0.3, -0.25) is 14.5 Å². The molecule has 1 aliphatic carbocycles. The van der Waals surface area contributed by atoms with Gasteiger partial charge in [0, 0.05) is 26.6 Å². The Morgan fingerprint density at radius 1 is 1.11 bits per heavy atom. The summed E-state index contributed by atoms with van der Waals surface area (Å²) in [5.74, 6) is -0.224. The van der Waals surface area contributed by atoms with Crippen molar-refractivity contribution in [2.45, 2.75) is 64.0 Å². The summed E-state index contributed by atoms with van der Waals surface area (Å²) in [6.45, 7) is 2.77. The van der Waals surface area contributed by atoms with Gasteiger partial charge in [-0.05, 0) is 30.4 Å². The number of carbonyl (C=O) groups excluding carboxylic acids is 3. The number of urea groups is 1. The van der Waals surface area contributed by atoms with E-state index in [9.17, 15) is 14.4 Å². The van der Waals surface area contributed by atoms with E-state index in [2.05, 4.69) is 24.4 Å². The van der Waals surface area contributed by atoms with Gasteiger partial charge in [-0.2, -0.15) is 0 Å². The Kier molecular flexibility index (Phi) is 5.82. The first-order chi connectivity index (χ1) is 12.9. The minimum atomic E-state index is -0.717. The van der Waals surface area contributed by atoms with Crippen molar-refractivity contribution in [1.29, 1.82) is 0 Å². The van der Waals surface area contributed by atoms with Crippen molar-refractivity contribution in [1.82, 2.24) is 15.1 Å². The number of imide groups is 1. The largest absolute Gasteiger partial charge is 0.341 e. The highest BCUT2D eigenvalue weighted by Crippen LogP contribution is 2.33. The molecule has 1 spiro atoms. The molecule has 1 aliphatic heterocycles. The minimum Gasteiger partial charge on any atom is -0.341 e. The van der Waals surface area contributed by atoms with Crippen LogP contribution in [0, 0.1) is 0 Å². The molecule has 4 amide bonds. The Balaban J connectivity index is 1.53. The number of nitrogens with zero attached hydrogens (tertiary/aromatic N) is 2. The predicted octanol–water partition coefficient (Wildman–Crippen LogP) is 2.85. The van der Waals surface area contributed by atoms with E-state index < -0.39 is 5.54 Å². The molecule has 0 atom stereocenters.